The molecule has 4 rings (SSSR count). The number of hydrogen-bond acceptors (Lipinski definition) is 4. The minimum Gasteiger partial charge on any atom is -0.494 e. The van der Waals surface area contributed by atoms with Crippen LogP contribution in [0.25, 0.3) is 11.8 Å². The third-order valence-electron chi connectivity index (χ3n) is 6.32. The number of carbonyl (C=O) groups excluding carboxylic acids is 2. The number of esters is 1. The fourth-order valence-corrected chi connectivity index (χ4v) is 4.70. The van der Waals surface area contributed by atoms with E-state index in [2.05, 4.69) is 29.7 Å². The summed E-state index contributed by atoms with van der Waals surface area (Å²) in [7, 11) is 0. The van der Waals surface area contributed by atoms with E-state index in [1.807, 2.05) is 57.2 Å². The molecule has 0 bridgehead atoms. The molecule has 0 unspecified atom stereocenters. The summed E-state index contributed by atoms with van der Waals surface area (Å²) < 4.78 is 13.0. The summed E-state index contributed by atoms with van der Waals surface area (Å²) in [4.78, 5) is 28.3. The van der Waals surface area contributed by atoms with Gasteiger partial charge in [0.2, 0.25) is 0 Å². The molecule has 0 saturated carbocycles. The van der Waals surface area contributed by atoms with E-state index >= 15 is 0 Å². The molecule has 0 saturated heterocycles. The Morgan fingerprint density at radius 1 is 0.917 bits per heavy atom. The van der Waals surface area contributed by atoms with Crippen LogP contribution in [0.4, 0.5) is 5.69 Å². The second kappa shape index (κ2) is 10.3. The van der Waals surface area contributed by atoms with Crippen molar-refractivity contribution in [1.82, 2.24) is 4.57 Å². The molecule has 0 fully saturated rings. The van der Waals surface area contributed by atoms with Crippen molar-refractivity contribution in [2.75, 3.05) is 18.1 Å². The first kappa shape index (κ1) is 25.0. The second-order valence-corrected chi connectivity index (χ2v) is 8.81. The van der Waals surface area contributed by atoms with Crippen LogP contribution in [0.2, 0.25) is 0 Å². The predicted octanol–water partition coefficient (Wildman–Crippen LogP) is 6.07. The molecule has 1 aromatic heterocycles. The highest BCUT2D eigenvalue weighted by Crippen LogP contribution is 2.37. The van der Waals surface area contributed by atoms with E-state index < -0.39 is 5.97 Å². The van der Waals surface area contributed by atoms with E-state index in [9.17, 15) is 9.59 Å². The van der Waals surface area contributed by atoms with E-state index in [-0.39, 0.29) is 18.1 Å². The predicted molar refractivity (Wildman–Crippen MR) is 142 cm³/mol. The zero-order chi connectivity index (χ0) is 26.0. The molecule has 1 aliphatic heterocycles. The van der Waals surface area contributed by atoms with Crippen LogP contribution < -0.4 is 9.64 Å². The lowest BCUT2D eigenvalue weighted by Crippen LogP contribution is -2.24. The van der Waals surface area contributed by atoms with Gasteiger partial charge in [-0.15, -0.1) is 0 Å². The van der Waals surface area contributed by atoms with Crippen molar-refractivity contribution in [3.05, 3.63) is 94.0 Å². The van der Waals surface area contributed by atoms with Crippen molar-refractivity contribution in [1.29, 1.82) is 0 Å². The van der Waals surface area contributed by atoms with Crippen molar-refractivity contribution < 1.29 is 19.1 Å². The molecular weight excluding hydrogens is 452 g/mol. The number of aromatic nitrogens is 1. The van der Waals surface area contributed by atoms with E-state index in [0.29, 0.717) is 23.6 Å². The van der Waals surface area contributed by atoms with Crippen LogP contribution in [0, 0.1) is 20.8 Å². The summed E-state index contributed by atoms with van der Waals surface area (Å²) in [6.45, 7) is 12.4. The van der Waals surface area contributed by atoms with Crippen molar-refractivity contribution in [2.45, 2.75) is 41.5 Å². The molecule has 2 heterocycles. The third kappa shape index (κ3) is 4.59. The number of aryl methyl sites for hydroxylation is 2. The third-order valence-corrected chi connectivity index (χ3v) is 6.32. The number of rotatable bonds is 7. The Hall–Kier alpha value is -4.06. The normalized spacial score (nSPS) is 14.7. The molecule has 6 nitrogen and oxygen atoms in total. The largest absolute Gasteiger partial charge is 0.494 e. The maximum Gasteiger partial charge on any atom is 0.340 e. The quantitative estimate of drug-likeness (QED) is 0.302. The second-order valence-electron chi connectivity index (χ2n) is 8.81. The van der Waals surface area contributed by atoms with Crippen molar-refractivity contribution in [3.8, 4) is 11.4 Å². The van der Waals surface area contributed by atoms with Gasteiger partial charge in [-0.05, 0) is 101 Å². The SMILES string of the molecule is CCOC(=O)C1=C(C)N(c2ccc(OCC)cc2)C(=O)/C1=C\c1cc(C)n(-c2cccc(C)c2)c1C. The van der Waals surface area contributed by atoms with E-state index in [1.54, 1.807) is 24.8 Å². The van der Waals surface area contributed by atoms with Gasteiger partial charge in [-0.1, -0.05) is 12.1 Å². The number of benzene rings is 2. The summed E-state index contributed by atoms with van der Waals surface area (Å²) >= 11 is 0. The van der Waals surface area contributed by atoms with Crippen LogP contribution in [0.5, 0.6) is 5.75 Å². The standard InChI is InChI=1S/C30H32N2O4/c1-7-35-26-14-12-24(13-15-26)32-22(6)28(30(34)36-8-2)27(29(32)33)18-23-17-20(4)31(21(23)5)25-11-9-10-19(3)16-25/h9-18H,7-8H2,1-6H3/b27-18-. The molecule has 1 aliphatic rings. The van der Waals surface area contributed by atoms with Crippen LogP contribution in [-0.4, -0.2) is 29.7 Å². The Balaban J connectivity index is 1.81. The van der Waals surface area contributed by atoms with E-state index in [4.69, 9.17) is 9.47 Å². The molecule has 0 spiro atoms. The van der Waals surface area contributed by atoms with Gasteiger partial charge in [0.25, 0.3) is 5.91 Å². The van der Waals surface area contributed by atoms with Crippen LogP contribution >= 0.6 is 0 Å². The average Bonchev–Trinajstić information content (AvgIpc) is 3.26. The lowest BCUT2D eigenvalue weighted by molar-refractivity contribution is -0.138. The minimum absolute atomic E-state index is 0.224. The fourth-order valence-electron chi connectivity index (χ4n) is 4.70. The number of nitrogens with zero attached hydrogens (tertiary/aromatic N) is 2. The number of amides is 1. The molecule has 0 N–H and O–H groups in total. The van der Waals surface area contributed by atoms with Gasteiger partial charge in [0, 0.05) is 28.5 Å². The van der Waals surface area contributed by atoms with E-state index in [0.717, 1.165) is 28.4 Å². The first-order valence-corrected chi connectivity index (χ1v) is 12.2. The summed E-state index contributed by atoms with van der Waals surface area (Å²) in [6.07, 6.45) is 1.81. The summed E-state index contributed by atoms with van der Waals surface area (Å²) in [6, 6.07) is 17.6. The van der Waals surface area contributed by atoms with Gasteiger partial charge >= 0.3 is 5.97 Å². The Bertz CT molecular complexity index is 1380. The van der Waals surface area contributed by atoms with Gasteiger partial charge < -0.3 is 14.0 Å². The van der Waals surface area contributed by atoms with Gasteiger partial charge in [-0.3, -0.25) is 9.69 Å². The van der Waals surface area contributed by atoms with E-state index in [1.165, 1.54) is 5.56 Å². The van der Waals surface area contributed by atoms with Crippen LogP contribution in [0.1, 0.15) is 43.3 Å². The Kier molecular flexibility index (Phi) is 7.15. The molecule has 6 heteroatoms. The van der Waals surface area contributed by atoms with Crippen LogP contribution in [0.15, 0.2) is 71.4 Å². The first-order valence-electron chi connectivity index (χ1n) is 12.2. The number of anilines is 1. The highest BCUT2D eigenvalue weighted by atomic mass is 16.5. The maximum absolute atomic E-state index is 13.7. The number of ether oxygens (including phenoxy) is 2. The number of allylic oxidation sites excluding steroid dienone is 1. The highest BCUT2D eigenvalue weighted by molar-refractivity contribution is 6.23. The summed E-state index contributed by atoms with van der Waals surface area (Å²) in [5.74, 6) is -0.0462. The molecule has 2 aromatic carbocycles. The molecule has 3 aromatic rings. The van der Waals surface area contributed by atoms with Crippen molar-refractivity contribution in [3.63, 3.8) is 0 Å². The van der Waals surface area contributed by atoms with Gasteiger partial charge in [-0.25, -0.2) is 4.79 Å². The lowest BCUT2D eigenvalue weighted by Gasteiger charge is -2.18. The van der Waals surface area contributed by atoms with Gasteiger partial charge in [0.05, 0.1) is 24.4 Å². The first-order chi connectivity index (χ1) is 17.3. The topological polar surface area (TPSA) is 60.8 Å². The Morgan fingerprint density at radius 2 is 1.64 bits per heavy atom. The Labute approximate surface area is 212 Å². The van der Waals surface area contributed by atoms with Crippen LogP contribution in [-0.2, 0) is 14.3 Å². The van der Waals surface area contributed by atoms with Crippen LogP contribution in [0.3, 0.4) is 0 Å². The molecule has 0 aliphatic carbocycles. The zero-order valence-corrected chi connectivity index (χ0v) is 21.7. The fraction of sp³-hybridized carbons (Fsp3) is 0.267. The average molecular weight is 485 g/mol. The highest BCUT2D eigenvalue weighted by Gasteiger charge is 2.38. The summed E-state index contributed by atoms with van der Waals surface area (Å²) in [5.41, 5.74) is 6.94. The van der Waals surface area contributed by atoms with Gasteiger partial charge in [-0.2, -0.15) is 0 Å². The summed E-state index contributed by atoms with van der Waals surface area (Å²) in [5, 5.41) is 0. The minimum atomic E-state index is -0.504. The number of carbonyl (C=O) groups is 2. The van der Waals surface area contributed by atoms with Crippen molar-refractivity contribution in [2.24, 2.45) is 0 Å². The number of hydrogen-bond donors (Lipinski definition) is 0. The molecule has 36 heavy (non-hydrogen) atoms. The maximum atomic E-state index is 13.7. The zero-order valence-electron chi connectivity index (χ0n) is 21.7. The smallest absolute Gasteiger partial charge is 0.340 e. The molecule has 1 amide bonds. The Morgan fingerprint density at radius 3 is 2.28 bits per heavy atom. The lowest BCUT2D eigenvalue weighted by atomic mass is 10.0. The van der Waals surface area contributed by atoms with Crippen molar-refractivity contribution >= 4 is 23.6 Å². The monoisotopic (exact) mass is 484 g/mol. The van der Waals surface area contributed by atoms with Gasteiger partial charge in [0.1, 0.15) is 5.75 Å². The molecule has 0 radical (unpaired) electrons. The molecule has 186 valence electrons. The molecule has 0 atom stereocenters. The molecular formula is C30H32N2O4. The van der Waals surface area contributed by atoms with Gasteiger partial charge in [0.15, 0.2) is 0 Å².